The van der Waals surface area contributed by atoms with Gasteiger partial charge in [0, 0.05) is 17.5 Å². The van der Waals surface area contributed by atoms with Crippen molar-refractivity contribution in [1.82, 2.24) is 9.88 Å². The van der Waals surface area contributed by atoms with Gasteiger partial charge in [-0.15, -0.1) is 11.3 Å². The normalized spacial score (nSPS) is 17.2. The molecule has 1 aromatic heterocycles. The lowest BCUT2D eigenvalue weighted by atomic mass is 10.0. The Morgan fingerprint density at radius 1 is 1.26 bits per heavy atom. The van der Waals surface area contributed by atoms with E-state index in [0.717, 1.165) is 23.4 Å². The summed E-state index contributed by atoms with van der Waals surface area (Å²) in [7, 11) is 0. The molecule has 1 aromatic carbocycles. The predicted molar refractivity (Wildman–Crippen MR) is 107 cm³/mol. The van der Waals surface area contributed by atoms with Crippen molar-refractivity contribution in [2.45, 2.75) is 52.0 Å². The number of piperidine rings is 1. The molecule has 1 unspecified atom stereocenters. The van der Waals surface area contributed by atoms with Crippen molar-refractivity contribution in [3.05, 3.63) is 40.9 Å². The molecule has 1 fully saturated rings. The molecule has 0 spiro atoms. The van der Waals surface area contributed by atoms with Crippen LogP contribution in [0.2, 0.25) is 0 Å². The Kier molecular flexibility index (Phi) is 6.26. The van der Waals surface area contributed by atoms with Gasteiger partial charge in [0.15, 0.2) is 0 Å². The number of hydrogen-bond donors (Lipinski definition) is 0. The number of likely N-dealkylation sites (tertiary alicyclic amines) is 1. The number of thiazole rings is 1. The fraction of sp³-hybridized carbons (Fsp3) is 0.476. The standard InChI is InChI=1S/C21H26N2O3S/c1-4-26-21(25)18-7-5-6-12-23(18)20(24)17-13-27-19(22-17)16-10-8-15(9-11-16)14(2)3/h8-11,13-14,18H,4-7,12H2,1-3H3. The summed E-state index contributed by atoms with van der Waals surface area (Å²) in [5.74, 6) is -0.0225. The molecule has 3 rings (SSSR count). The lowest BCUT2D eigenvalue weighted by Crippen LogP contribution is -2.48. The van der Waals surface area contributed by atoms with Gasteiger partial charge in [0.05, 0.1) is 6.61 Å². The fourth-order valence-corrected chi connectivity index (χ4v) is 4.12. The first-order chi connectivity index (χ1) is 13.0. The Hall–Kier alpha value is -2.21. The van der Waals surface area contributed by atoms with Crippen LogP contribution >= 0.6 is 11.3 Å². The first-order valence-corrected chi connectivity index (χ1v) is 10.4. The number of aromatic nitrogens is 1. The third kappa shape index (κ3) is 4.38. The van der Waals surface area contributed by atoms with Crippen molar-refractivity contribution < 1.29 is 14.3 Å². The quantitative estimate of drug-likeness (QED) is 0.710. The van der Waals surface area contributed by atoms with E-state index in [1.54, 1.807) is 17.2 Å². The summed E-state index contributed by atoms with van der Waals surface area (Å²) >= 11 is 1.45. The summed E-state index contributed by atoms with van der Waals surface area (Å²) in [6.45, 7) is 6.99. The first kappa shape index (κ1) is 19.5. The molecule has 1 aliphatic rings. The molecule has 2 aromatic rings. The molecule has 0 radical (unpaired) electrons. The Morgan fingerprint density at radius 3 is 2.67 bits per heavy atom. The summed E-state index contributed by atoms with van der Waals surface area (Å²) in [6.07, 6.45) is 2.48. The Bertz CT molecular complexity index is 798. The summed E-state index contributed by atoms with van der Waals surface area (Å²) in [4.78, 5) is 31.4. The second kappa shape index (κ2) is 8.65. The van der Waals surface area contributed by atoms with Gasteiger partial charge in [0.25, 0.3) is 5.91 Å². The van der Waals surface area contributed by atoms with E-state index in [-0.39, 0.29) is 11.9 Å². The lowest BCUT2D eigenvalue weighted by molar-refractivity contribution is -0.149. The van der Waals surface area contributed by atoms with Crippen LogP contribution in [-0.4, -0.2) is 41.0 Å². The fourth-order valence-electron chi connectivity index (χ4n) is 3.32. The van der Waals surface area contributed by atoms with Gasteiger partial charge >= 0.3 is 5.97 Å². The van der Waals surface area contributed by atoms with Crippen LogP contribution in [-0.2, 0) is 9.53 Å². The SMILES string of the molecule is CCOC(=O)C1CCCCN1C(=O)c1csc(-c2ccc(C(C)C)cc2)n1. The van der Waals surface area contributed by atoms with E-state index in [2.05, 4.69) is 31.0 Å². The smallest absolute Gasteiger partial charge is 0.328 e. The van der Waals surface area contributed by atoms with E-state index >= 15 is 0 Å². The molecule has 5 nitrogen and oxygen atoms in total. The van der Waals surface area contributed by atoms with E-state index < -0.39 is 6.04 Å². The average molecular weight is 387 g/mol. The zero-order valence-corrected chi connectivity index (χ0v) is 16.9. The molecule has 1 aliphatic heterocycles. The number of nitrogens with zero attached hydrogens (tertiary/aromatic N) is 2. The van der Waals surface area contributed by atoms with Gasteiger partial charge in [0.1, 0.15) is 16.7 Å². The van der Waals surface area contributed by atoms with Crippen LogP contribution in [0.3, 0.4) is 0 Å². The zero-order chi connectivity index (χ0) is 19.4. The van der Waals surface area contributed by atoms with Crippen molar-refractivity contribution in [3.8, 4) is 10.6 Å². The molecule has 0 bridgehead atoms. The largest absolute Gasteiger partial charge is 0.464 e. The highest BCUT2D eigenvalue weighted by Crippen LogP contribution is 2.27. The van der Waals surface area contributed by atoms with Crippen LogP contribution in [0, 0.1) is 0 Å². The minimum absolute atomic E-state index is 0.186. The Balaban J connectivity index is 1.78. The summed E-state index contributed by atoms with van der Waals surface area (Å²) < 4.78 is 5.15. The molecular weight excluding hydrogens is 360 g/mol. The third-order valence-electron chi connectivity index (χ3n) is 4.87. The molecular formula is C21H26N2O3S. The van der Waals surface area contributed by atoms with E-state index in [1.165, 1.54) is 16.9 Å². The summed E-state index contributed by atoms with van der Waals surface area (Å²) in [5.41, 5.74) is 2.68. The number of benzene rings is 1. The van der Waals surface area contributed by atoms with Crippen molar-refractivity contribution in [2.75, 3.05) is 13.2 Å². The number of rotatable bonds is 5. The van der Waals surface area contributed by atoms with Gasteiger partial charge in [-0.05, 0) is 37.7 Å². The van der Waals surface area contributed by atoms with Crippen LogP contribution < -0.4 is 0 Å². The van der Waals surface area contributed by atoms with Gasteiger partial charge in [-0.25, -0.2) is 9.78 Å². The van der Waals surface area contributed by atoms with Crippen LogP contribution in [0.4, 0.5) is 0 Å². The monoisotopic (exact) mass is 386 g/mol. The molecule has 27 heavy (non-hydrogen) atoms. The Morgan fingerprint density at radius 2 is 2.00 bits per heavy atom. The van der Waals surface area contributed by atoms with Gasteiger partial charge < -0.3 is 9.64 Å². The highest BCUT2D eigenvalue weighted by molar-refractivity contribution is 7.13. The molecule has 0 saturated carbocycles. The van der Waals surface area contributed by atoms with E-state index in [9.17, 15) is 9.59 Å². The van der Waals surface area contributed by atoms with Crippen molar-refractivity contribution in [1.29, 1.82) is 0 Å². The lowest BCUT2D eigenvalue weighted by Gasteiger charge is -2.33. The van der Waals surface area contributed by atoms with Gasteiger partial charge in [-0.3, -0.25) is 4.79 Å². The number of carbonyl (C=O) groups is 2. The second-order valence-corrected chi connectivity index (χ2v) is 7.93. The number of carbonyl (C=O) groups excluding carboxylic acids is 2. The maximum Gasteiger partial charge on any atom is 0.328 e. The Labute approximate surface area is 164 Å². The highest BCUT2D eigenvalue weighted by Gasteiger charge is 2.34. The minimum Gasteiger partial charge on any atom is -0.464 e. The molecule has 0 aliphatic carbocycles. The van der Waals surface area contributed by atoms with Gasteiger partial charge in [-0.1, -0.05) is 38.1 Å². The van der Waals surface area contributed by atoms with Crippen molar-refractivity contribution in [2.24, 2.45) is 0 Å². The maximum atomic E-state index is 13.0. The zero-order valence-electron chi connectivity index (χ0n) is 16.1. The first-order valence-electron chi connectivity index (χ1n) is 9.54. The highest BCUT2D eigenvalue weighted by atomic mass is 32.1. The molecule has 1 atom stereocenters. The third-order valence-corrected chi connectivity index (χ3v) is 5.76. The van der Waals surface area contributed by atoms with Crippen LogP contribution in [0.1, 0.15) is 62.0 Å². The predicted octanol–water partition coefficient (Wildman–Crippen LogP) is 4.49. The van der Waals surface area contributed by atoms with Gasteiger partial charge in [0.2, 0.25) is 0 Å². The van der Waals surface area contributed by atoms with Crippen LogP contribution in [0.5, 0.6) is 0 Å². The van der Waals surface area contributed by atoms with Crippen LogP contribution in [0.25, 0.3) is 10.6 Å². The number of ether oxygens (including phenoxy) is 1. The van der Waals surface area contributed by atoms with E-state index in [0.29, 0.717) is 31.2 Å². The van der Waals surface area contributed by atoms with Gasteiger partial charge in [-0.2, -0.15) is 0 Å². The topological polar surface area (TPSA) is 59.5 Å². The average Bonchev–Trinajstić information content (AvgIpc) is 3.18. The minimum atomic E-state index is -0.498. The van der Waals surface area contributed by atoms with E-state index in [4.69, 9.17) is 4.74 Å². The van der Waals surface area contributed by atoms with E-state index in [1.807, 2.05) is 12.1 Å². The molecule has 1 amide bonds. The summed E-state index contributed by atoms with van der Waals surface area (Å²) in [5, 5.41) is 2.60. The molecule has 0 N–H and O–H groups in total. The summed E-state index contributed by atoms with van der Waals surface area (Å²) in [6, 6.07) is 7.80. The molecule has 144 valence electrons. The number of hydrogen-bond acceptors (Lipinski definition) is 5. The van der Waals surface area contributed by atoms with Crippen molar-refractivity contribution in [3.63, 3.8) is 0 Å². The number of amides is 1. The van der Waals surface area contributed by atoms with Crippen LogP contribution in [0.15, 0.2) is 29.6 Å². The number of esters is 1. The molecule has 2 heterocycles. The molecule has 6 heteroatoms. The second-order valence-electron chi connectivity index (χ2n) is 7.08. The maximum absolute atomic E-state index is 13.0. The molecule has 1 saturated heterocycles. The van der Waals surface area contributed by atoms with Crippen molar-refractivity contribution >= 4 is 23.2 Å².